The zero-order valence-electron chi connectivity index (χ0n) is 10.6. The van der Waals surface area contributed by atoms with Gasteiger partial charge in [0, 0.05) is 12.2 Å². The summed E-state index contributed by atoms with van der Waals surface area (Å²) in [6.07, 6.45) is 0. The van der Waals surface area contributed by atoms with Crippen LogP contribution in [0.5, 0.6) is 0 Å². The number of carboxylic acid groups (broad SMARTS) is 1. The number of hydrogen-bond acceptors (Lipinski definition) is 6. The minimum atomic E-state index is -4.00. The molecule has 20 heavy (non-hydrogen) atoms. The van der Waals surface area contributed by atoms with Gasteiger partial charge < -0.3 is 20.7 Å². The summed E-state index contributed by atoms with van der Waals surface area (Å²) >= 11 is 0. The van der Waals surface area contributed by atoms with Crippen LogP contribution in [-0.4, -0.2) is 51.0 Å². The Morgan fingerprint density at radius 2 is 2.05 bits per heavy atom. The lowest BCUT2D eigenvalue weighted by Crippen LogP contribution is -2.29. The number of nitrogen functional groups attached to an aromatic ring is 1. The first kappa shape index (κ1) is 16.4. The van der Waals surface area contributed by atoms with E-state index in [0.717, 1.165) is 12.1 Å². The highest BCUT2D eigenvalue weighted by molar-refractivity contribution is 7.89. The van der Waals surface area contributed by atoms with Crippen LogP contribution < -0.4 is 10.5 Å². The molecule has 0 unspecified atom stereocenters. The number of nitrogens with two attached hydrogens (primary N) is 1. The monoisotopic (exact) mass is 304 g/mol. The van der Waals surface area contributed by atoms with Gasteiger partial charge >= 0.3 is 5.97 Å². The predicted octanol–water partition coefficient (Wildman–Crippen LogP) is -0.746. The van der Waals surface area contributed by atoms with Gasteiger partial charge in [0.25, 0.3) is 0 Å². The molecule has 9 heteroatoms. The molecule has 0 aliphatic heterocycles. The van der Waals surface area contributed by atoms with Crippen molar-refractivity contribution in [2.24, 2.45) is 0 Å². The number of hydrogen-bond donors (Lipinski definition) is 4. The zero-order chi connectivity index (χ0) is 15.2. The maximum atomic E-state index is 12.0. The standard InChI is InChI=1S/C11H16N2O6S/c12-8-1-2-9(11(15)16)10(7-8)20(17,18)13-3-5-19-6-4-14/h1-2,7,13-14H,3-6,12H2,(H,15,16). The van der Waals surface area contributed by atoms with Crippen molar-refractivity contribution in [2.75, 3.05) is 32.1 Å². The highest BCUT2D eigenvalue weighted by Gasteiger charge is 2.22. The highest BCUT2D eigenvalue weighted by atomic mass is 32.2. The highest BCUT2D eigenvalue weighted by Crippen LogP contribution is 2.19. The summed E-state index contributed by atoms with van der Waals surface area (Å²) in [7, 11) is -4.00. The Hall–Kier alpha value is -1.68. The van der Waals surface area contributed by atoms with Crippen molar-refractivity contribution in [1.29, 1.82) is 0 Å². The van der Waals surface area contributed by atoms with E-state index in [1.807, 2.05) is 0 Å². The molecule has 0 atom stereocenters. The smallest absolute Gasteiger partial charge is 0.337 e. The summed E-state index contributed by atoms with van der Waals surface area (Å²) in [5, 5.41) is 17.5. The van der Waals surface area contributed by atoms with Crippen molar-refractivity contribution in [3.63, 3.8) is 0 Å². The molecule has 8 nitrogen and oxygen atoms in total. The fourth-order valence-corrected chi connectivity index (χ4v) is 2.67. The molecule has 0 saturated heterocycles. The summed E-state index contributed by atoms with van der Waals surface area (Å²) in [4.78, 5) is 10.6. The van der Waals surface area contributed by atoms with Crippen molar-refractivity contribution < 1.29 is 28.2 Å². The predicted molar refractivity (Wildman–Crippen MR) is 70.9 cm³/mol. The van der Waals surface area contributed by atoms with E-state index < -0.39 is 20.9 Å². The fourth-order valence-electron chi connectivity index (χ4n) is 1.43. The molecule has 0 fully saturated rings. The van der Waals surface area contributed by atoms with Crippen molar-refractivity contribution in [3.8, 4) is 0 Å². The third-order valence-corrected chi connectivity index (χ3v) is 3.80. The molecule has 0 aromatic heterocycles. The number of anilines is 1. The van der Waals surface area contributed by atoms with Gasteiger partial charge in [0.05, 0.1) is 30.3 Å². The maximum Gasteiger partial charge on any atom is 0.337 e. The lowest BCUT2D eigenvalue weighted by Gasteiger charge is -2.10. The molecule has 0 aliphatic carbocycles. The lowest BCUT2D eigenvalue weighted by molar-refractivity contribution is 0.0692. The Morgan fingerprint density at radius 3 is 2.65 bits per heavy atom. The number of carbonyl (C=O) groups is 1. The summed E-state index contributed by atoms with van der Waals surface area (Å²) in [6, 6.07) is 3.53. The van der Waals surface area contributed by atoms with E-state index in [9.17, 15) is 13.2 Å². The number of ether oxygens (including phenoxy) is 1. The van der Waals surface area contributed by atoms with E-state index in [2.05, 4.69) is 4.72 Å². The SMILES string of the molecule is Nc1ccc(C(=O)O)c(S(=O)(=O)NCCOCCO)c1. The number of aliphatic hydroxyl groups excluding tert-OH is 1. The molecule has 0 aliphatic rings. The Balaban J connectivity index is 2.86. The van der Waals surface area contributed by atoms with Crippen LogP contribution in [0.15, 0.2) is 23.1 Å². The number of aromatic carboxylic acids is 1. The van der Waals surface area contributed by atoms with Gasteiger partial charge in [-0.25, -0.2) is 17.9 Å². The topological polar surface area (TPSA) is 139 Å². The van der Waals surface area contributed by atoms with Crippen molar-refractivity contribution in [3.05, 3.63) is 23.8 Å². The largest absolute Gasteiger partial charge is 0.478 e. The molecular formula is C11H16N2O6S. The van der Waals surface area contributed by atoms with Gasteiger partial charge in [-0.1, -0.05) is 0 Å². The molecule has 1 aromatic rings. The summed E-state index contributed by atoms with van der Waals surface area (Å²) in [5.74, 6) is -1.36. The van der Waals surface area contributed by atoms with Gasteiger partial charge in [-0.3, -0.25) is 0 Å². The quantitative estimate of drug-likeness (QED) is 0.366. The minimum Gasteiger partial charge on any atom is -0.478 e. The van der Waals surface area contributed by atoms with Gasteiger partial charge in [-0.15, -0.1) is 0 Å². The van der Waals surface area contributed by atoms with Crippen LogP contribution in [0.3, 0.4) is 0 Å². The van der Waals surface area contributed by atoms with E-state index in [0.29, 0.717) is 0 Å². The molecule has 5 N–H and O–H groups in total. The first-order chi connectivity index (χ1) is 9.38. The third-order valence-electron chi connectivity index (χ3n) is 2.30. The summed E-state index contributed by atoms with van der Waals surface area (Å²) in [6.45, 7) is -0.0494. The van der Waals surface area contributed by atoms with E-state index in [4.69, 9.17) is 20.7 Å². The second-order valence-electron chi connectivity index (χ2n) is 3.79. The van der Waals surface area contributed by atoms with E-state index >= 15 is 0 Å². The number of benzene rings is 1. The van der Waals surface area contributed by atoms with Crippen LogP contribution in [0.4, 0.5) is 5.69 Å². The van der Waals surface area contributed by atoms with Crippen LogP contribution in [0, 0.1) is 0 Å². The van der Waals surface area contributed by atoms with Crippen LogP contribution in [0.2, 0.25) is 0 Å². The van der Waals surface area contributed by atoms with Gasteiger partial charge in [0.15, 0.2) is 0 Å². The molecule has 0 bridgehead atoms. The van der Waals surface area contributed by atoms with Gasteiger partial charge in [0.1, 0.15) is 0 Å². The zero-order valence-corrected chi connectivity index (χ0v) is 11.4. The summed E-state index contributed by atoms with van der Waals surface area (Å²) in [5.41, 5.74) is 5.27. The van der Waals surface area contributed by atoms with Gasteiger partial charge in [-0.2, -0.15) is 0 Å². The van der Waals surface area contributed by atoms with Crippen LogP contribution >= 0.6 is 0 Å². The van der Waals surface area contributed by atoms with E-state index in [1.54, 1.807) is 0 Å². The fraction of sp³-hybridized carbons (Fsp3) is 0.364. The second-order valence-corrected chi connectivity index (χ2v) is 5.53. The van der Waals surface area contributed by atoms with Crippen molar-refractivity contribution in [1.82, 2.24) is 4.72 Å². The van der Waals surface area contributed by atoms with E-state index in [-0.39, 0.29) is 37.6 Å². The average Bonchev–Trinajstić information content (AvgIpc) is 2.38. The summed E-state index contributed by atoms with van der Waals surface area (Å²) < 4.78 is 31.1. The molecule has 0 spiro atoms. The maximum absolute atomic E-state index is 12.0. The third kappa shape index (κ3) is 4.46. The normalized spacial score (nSPS) is 11.4. The first-order valence-electron chi connectivity index (χ1n) is 5.69. The Labute approximate surface area is 116 Å². The lowest BCUT2D eigenvalue weighted by atomic mass is 10.2. The molecule has 0 heterocycles. The number of rotatable bonds is 8. The number of sulfonamides is 1. The van der Waals surface area contributed by atoms with Crippen LogP contribution in [0.1, 0.15) is 10.4 Å². The molecule has 0 amide bonds. The van der Waals surface area contributed by atoms with Crippen LogP contribution in [0.25, 0.3) is 0 Å². The second kappa shape index (κ2) is 7.20. The Morgan fingerprint density at radius 1 is 1.35 bits per heavy atom. The van der Waals surface area contributed by atoms with Gasteiger partial charge in [-0.05, 0) is 18.2 Å². The minimum absolute atomic E-state index is 0.0454. The molecule has 1 aromatic carbocycles. The molecular weight excluding hydrogens is 288 g/mol. The molecule has 0 radical (unpaired) electrons. The molecule has 1 rings (SSSR count). The van der Waals surface area contributed by atoms with Gasteiger partial charge in [0.2, 0.25) is 10.0 Å². The Bertz CT molecular complexity index is 572. The first-order valence-corrected chi connectivity index (χ1v) is 7.18. The van der Waals surface area contributed by atoms with Crippen molar-refractivity contribution >= 4 is 21.7 Å². The van der Waals surface area contributed by atoms with Crippen molar-refractivity contribution in [2.45, 2.75) is 4.90 Å². The molecule has 112 valence electrons. The Kier molecular flexibility index (Phi) is 5.89. The average molecular weight is 304 g/mol. The number of carboxylic acids is 1. The van der Waals surface area contributed by atoms with Crippen LogP contribution in [-0.2, 0) is 14.8 Å². The van der Waals surface area contributed by atoms with E-state index in [1.165, 1.54) is 6.07 Å². The number of aliphatic hydroxyl groups is 1. The molecule has 0 saturated carbocycles. The number of nitrogens with one attached hydrogen (secondary N) is 1.